The first-order chi connectivity index (χ1) is 11.1. The van der Waals surface area contributed by atoms with Gasteiger partial charge in [0.15, 0.2) is 0 Å². The van der Waals surface area contributed by atoms with Crippen molar-refractivity contribution in [2.24, 2.45) is 0 Å². The molecule has 1 unspecified atom stereocenters. The minimum atomic E-state index is -0.618. The predicted octanol–water partition coefficient (Wildman–Crippen LogP) is 1.23. The van der Waals surface area contributed by atoms with Crippen molar-refractivity contribution >= 4 is 17.8 Å². The van der Waals surface area contributed by atoms with E-state index < -0.39 is 6.04 Å². The summed E-state index contributed by atoms with van der Waals surface area (Å²) in [5.41, 5.74) is 1.07. The number of nitrogens with one attached hydrogen (secondary N) is 2. The van der Waals surface area contributed by atoms with Crippen molar-refractivity contribution in [1.29, 1.82) is 0 Å². The lowest BCUT2D eigenvalue weighted by atomic mass is 10.1. The van der Waals surface area contributed by atoms with Crippen LogP contribution in [0.4, 0.5) is 4.79 Å². The standard InChI is InChI=1S/C17H21N3O3/c1-2-11-18-15(21)9-8-14-16(22)20(17(23)19-14)12-10-13-6-4-3-5-7-13/h2-7,14H,1,8-12H2,(H,18,21)(H,19,23). The van der Waals surface area contributed by atoms with E-state index in [0.29, 0.717) is 25.9 Å². The highest BCUT2D eigenvalue weighted by Gasteiger charge is 2.37. The molecule has 1 heterocycles. The second-order valence-corrected chi connectivity index (χ2v) is 5.36. The molecule has 0 bridgehead atoms. The summed E-state index contributed by atoms with van der Waals surface area (Å²) in [6, 6.07) is 8.68. The van der Waals surface area contributed by atoms with Gasteiger partial charge in [-0.05, 0) is 18.4 Å². The van der Waals surface area contributed by atoms with E-state index in [1.54, 1.807) is 6.08 Å². The highest BCUT2D eigenvalue weighted by molar-refractivity contribution is 6.04. The van der Waals surface area contributed by atoms with Gasteiger partial charge < -0.3 is 10.6 Å². The molecule has 2 N–H and O–H groups in total. The number of hydrogen-bond donors (Lipinski definition) is 2. The van der Waals surface area contributed by atoms with Crippen LogP contribution in [0, 0.1) is 0 Å². The Morgan fingerprint density at radius 1 is 1.30 bits per heavy atom. The molecule has 1 aliphatic heterocycles. The monoisotopic (exact) mass is 315 g/mol. The summed E-state index contributed by atoms with van der Waals surface area (Å²) < 4.78 is 0. The molecule has 1 saturated heterocycles. The zero-order chi connectivity index (χ0) is 16.7. The van der Waals surface area contributed by atoms with Crippen LogP contribution in [0.5, 0.6) is 0 Å². The van der Waals surface area contributed by atoms with Gasteiger partial charge in [-0.2, -0.15) is 0 Å². The van der Waals surface area contributed by atoms with E-state index in [4.69, 9.17) is 0 Å². The fraction of sp³-hybridized carbons (Fsp3) is 0.353. The first-order valence-electron chi connectivity index (χ1n) is 7.65. The Balaban J connectivity index is 1.82. The van der Waals surface area contributed by atoms with Crippen molar-refractivity contribution in [2.75, 3.05) is 13.1 Å². The Kier molecular flexibility index (Phi) is 5.91. The number of benzene rings is 1. The third-order valence-corrected chi connectivity index (χ3v) is 3.68. The lowest BCUT2D eigenvalue weighted by molar-refractivity contribution is -0.127. The van der Waals surface area contributed by atoms with Crippen LogP contribution in [0.1, 0.15) is 18.4 Å². The lowest BCUT2D eigenvalue weighted by Crippen LogP contribution is -2.34. The highest BCUT2D eigenvalue weighted by atomic mass is 16.2. The van der Waals surface area contributed by atoms with Crippen LogP contribution < -0.4 is 10.6 Å². The highest BCUT2D eigenvalue weighted by Crippen LogP contribution is 2.12. The summed E-state index contributed by atoms with van der Waals surface area (Å²) in [7, 11) is 0. The van der Waals surface area contributed by atoms with Gasteiger partial charge in [0, 0.05) is 19.5 Å². The number of carbonyl (C=O) groups excluding carboxylic acids is 3. The normalized spacial score (nSPS) is 17.0. The van der Waals surface area contributed by atoms with E-state index in [1.807, 2.05) is 30.3 Å². The number of urea groups is 1. The lowest BCUT2D eigenvalue weighted by Gasteiger charge is -2.13. The van der Waals surface area contributed by atoms with E-state index in [0.717, 1.165) is 5.56 Å². The third-order valence-electron chi connectivity index (χ3n) is 3.68. The van der Waals surface area contributed by atoms with Gasteiger partial charge in [0.25, 0.3) is 5.91 Å². The fourth-order valence-corrected chi connectivity index (χ4v) is 2.42. The summed E-state index contributed by atoms with van der Waals surface area (Å²) >= 11 is 0. The number of carbonyl (C=O) groups is 3. The maximum absolute atomic E-state index is 12.3. The second-order valence-electron chi connectivity index (χ2n) is 5.36. The number of hydrogen-bond acceptors (Lipinski definition) is 3. The van der Waals surface area contributed by atoms with Crippen LogP contribution in [-0.4, -0.2) is 41.9 Å². The van der Waals surface area contributed by atoms with Crippen molar-refractivity contribution in [2.45, 2.75) is 25.3 Å². The van der Waals surface area contributed by atoms with Crippen molar-refractivity contribution in [3.63, 3.8) is 0 Å². The van der Waals surface area contributed by atoms with Crippen LogP contribution >= 0.6 is 0 Å². The van der Waals surface area contributed by atoms with Crippen molar-refractivity contribution in [1.82, 2.24) is 15.5 Å². The first kappa shape index (κ1) is 16.7. The van der Waals surface area contributed by atoms with Crippen molar-refractivity contribution < 1.29 is 14.4 Å². The molecular formula is C17H21N3O3. The number of rotatable bonds is 8. The molecule has 0 aromatic heterocycles. The Morgan fingerprint density at radius 3 is 2.74 bits per heavy atom. The predicted molar refractivity (Wildman–Crippen MR) is 86.6 cm³/mol. The zero-order valence-corrected chi connectivity index (χ0v) is 13.0. The van der Waals surface area contributed by atoms with E-state index >= 15 is 0 Å². The van der Waals surface area contributed by atoms with Crippen LogP contribution in [0.2, 0.25) is 0 Å². The minimum Gasteiger partial charge on any atom is -0.353 e. The molecule has 6 nitrogen and oxygen atoms in total. The van der Waals surface area contributed by atoms with Crippen LogP contribution in [0.3, 0.4) is 0 Å². The summed E-state index contributed by atoms with van der Waals surface area (Å²) in [4.78, 5) is 36.9. The molecule has 1 atom stereocenters. The Labute approximate surface area is 135 Å². The molecule has 1 aliphatic rings. The molecule has 0 aliphatic carbocycles. The van der Waals surface area contributed by atoms with Crippen LogP contribution in [0.15, 0.2) is 43.0 Å². The topological polar surface area (TPSA) is 78.5 Å². The van der Waals surface area contributed by atoms with Gasteiger partial charge in [0.1, 0.15) is 6.04 Å². The summed E-state index contributed by atoms with van der Waals surface area (Å²) in [5, 5.41) is 5.28. The van der Waals surface area contributed by atoms with Gasteiger partial charge in [0.05, 0.1) is 0 Å². The summed E-state index contributed by atoms with van der Waals surface area (Å²) in [6.45, 7) is 4.25. The number of nitrogens with zero attached hydrogens (tertiary/aromatic N) is 1. The number of amides is 4. The maximum atomic E-state index is 12.3. The molecule has 1 aromatic carbocycles. The molecule has 4 amide bonds. The van der Waals surface area contributed by atoms with Gasteiger partial charge in [-0.15, -0.1) is 6.58 Å². The van der Waals surface area contributed by atoms with Crippen molar-refractivity contribution in [3.05, 3.63) is 48.6 Å². The first-order valence-corrected chi connectivity index (χ1v) is 7.65. The largest absolute Gasteiger partial charge is 0.353 e. The molecular weight excluding hydrogens is 294 g/mol. The average Bonchev–Trinajstić information content (AvgIpc) is 2.84. The molecule has 6 heteroatoms. The quantitative estimate of drug-likeness (QED) is 0.559. The zero-order valence-electron chi connectivity index (χ0n) is 13.0. The maximum Gasteiger partial charge on any atom is 0.324 e. The van der Waals surface area contributed by atoms with Gasteiger partial charge in [-0.3, -0.25) is 14.5 Å². The van der Waals surface area contributed by atoms with Gasteiger partial charge in [0.2, 0.25) is 5.91 Å². The van der Waals surface area contributed by atoms with E-state index in [2.05, 4.69) is 17.2 Å². The van der Waals surface area contributed by atoms with Gasteiger partial charge in [-0.25, -0.2) is 4.79 Å². The molecule has 1 fully saturated rings. The molecule has 122 valence electrons. The van der Waals surface area contributed by atoms with E-state index in [9.17, 15) is 14.4 Å². The van der Waals surface area contributed by atoms with Gasteiger partial charge in [-0.1, -0.05) is 36.4 Å². The number of imide groups is 1. The second kappa shape index (κ2) is 8.12. The smallest absolute Gasteiger partial charge is 0.324 e. The van der Waals surface area contributed by atoms with Crippen molar-refractivity contribution in [3.8, 4) is 0 Å². The summed E-state index contributed by atoms with van der Waals surface area (Å²) in [6.07, 6.45) is 2.70. The molecule has 0 radical (unpaired) electrons. The third kappa shape index (κ3) is 4.67. The minimum absolute atomic E-state index is 0.158. The van der Waals surface area contributed by atoms with Crippen LogP contribution in [0.25, 0.3) is 0 Å². The summed E-state index contributed by atoms with van der Waals surface area (Å²) in [5.74, 6) is -0.419. The fourth-order valence-electron chi connectivity index (χ4n) is 2.42. The average molecular weight is 315 g/mol. The molecule has 0 saturated carbocycles. The molecule has 23 heavy (non-hydrogen) atoms. The van der Waals surface area contributed by atoms with Gasteiger partial charge >= 0.3 is 6.03 Å². The van der Waals surface area contributed by atoms with Crippen LogP contribution in [-0.2, 0) is 16.0 Å². The molecule has 1 aromatic rings. The Morgan fingerprint density at radius 2 is 2.04 bits per heavy atom. The molecule has 0 spiro atoms. The Hall–Kier alpha value is -2.63. The SMILES string of the molecule is C=CCNC(=O)CCC1NC(=O)N(CCc2ccccc2)C1=O. The van der Waals surface area contributed by atoms with E-state index in [1.165, 1.54) is 4.90 Å². The molecule has 2 rings (SSSR count). The van der Waals surface area contributed by atoms with E-state index in [-0.39, 0.29) is 24.3 Å². The Bertz CT molecular complexity index is 586.